The van der Waals surface area contributed by atoms with Crippen molar-refractivity contribution in [3.05, 3.63) is 23.3 Å². The van der Waals surface area contributed by atoms with E-state index in [0.29, 0.717) is 6.07 Å². The van der Waals surface area contributed by atoms with Crippen molar-refractivity contribution in [1.82, 2.24) is 5.32 Å². The Kier molecular flexibility index (Phi) is 7.75. The maximum Gasteiger partial charge on any atom is 0.418 e. The van der Waals surface area contributed by atoms with Crippen LogP contribution in [0.2, 0.25) is 0 Å². The number of ether oxygens (including phenoxy) is 1. The van der Waals surface area contributed by atoms with E-state index in [2.05, 4.69) is 10.3 Å². The van der Waals surface area contributed by atoms with E-state index in [-0.39, 0.29) is 32.0 Å². The molecule has 5 N–H and O–H groups in total. The second kappa shape index (κ2) is 9.68. The first-order chi connectivity index (χ1) is 15.4. The number of hydrogen-bond donors (Lipinski definition) is 3. The van der Waals surface area contributed by atoms with Crippen LogP contribution in [0.4, 0.5) is 23.7 Å². The summed E-state index contributed by atoms with van der Waals surface area (Å²) in [5.41, 5.74) is 7.05. The summed E-state index contributed by atoms with van der Waals surface area (Å²) in [5, 5.41) is 2.67. The Morgan fingerprint density at radius 2 is 1.71 bits per heavy atom. The van der Waals surface area contributed by atoms with Crippen LogP contribution in [0.5, 0.6) is 0 Å². The van der Waals surface area contributed by atoms with Gasteiger partial charge < -0.3 is 26.4 Å². The summed E-state index contributed by atoms with van der Waals surface area (Å²) in [7, 11) is -4.20. The molecule has 190 valence electrons. The van der Waals surface area contributed by atoms with Gasteiger partial charge in [-0.25, -0.2) is 13.2 Å². The number of piperidine rings is 1. The van der Waals surface area contributed by atoms with Crippen LogP contribution in [0.15, 0.2) is 22.0 Å². The van der Waals surface area contributed by atoms with Gasteiger partial charge in [-0.3, -0.25) is 4.79 Å². The molecular weight excluding hydrogens is 479 g/mol. The second-order valence-electron chi connectivity index (χ2n) is 8.89. The molecule has 10 nitrogen and oxygen atoms in total. The summed E-state index contributed by atoms with van der Waals surface area (Å²) < 4.78 is 72.1. The average Bonchev–Trinajstić information content (AvgIpc) is 2.64. The van der Waals surface area contributed by atoms with Gasteiger partial charge in [0.25, 0.3) is 5.91 Å². The summed E-state index contributed by atoms with van der Waals surface area (Å²) in [5.74, 6) is -1.88. The Morgan fingerprint density at radius 3 is 2.15 bits per heavy atom. The fourth-order valence-corrected chi connectivity index (χ4v) is 4.39. The lowest BCUT2D eigenvalue weighted by Crippen LogP contribution is -2.46. The highest BCUT2D eigenvalue weighted by Crippen LogP contribution is 2.42. The van der Waals surface area contributed by atoms with Crippen molar-refractivity contribution in [2.45, 2.75) is 56.3 Å². The van der Waals surface area contributed by atoms with Crippen LogP contribution in [0, 0.1) is 0 Å². The number of rotatable bonds is 4. The van der Waals surface area contributed by atoms with Gasteiger partial charge in [0.05, 0.1) is 16.1 Å². The quantitative estimate of drug-likeness (QED) is 0.413. The number of alkyl halides is 3. The summed E-state index contributed by atoms with van der Waals surface area (Å²) in [6.45, 7) is 5.13. The number of carbonyl (C=O) groups excluding carboxylic acids is 2. The maximum atomic E-state index is 14.0. The first kappa shape index (κ1) is 27.2. The minimum atomic E-state index is -4.98. The third-order valence-corrected chi connectivity index (χ3v) is 5.90. The number of sulfone groups is 1. The molecule has 0 spiro atoms. The van der Waals surface area contributed by atoms with Gasteiger partial charge in [-0.1, -0.05) is 0 Å². The summed E-state index contributed by atoms with van der Waals surface area (Å²) >= 11 is 0. The molecule has 14 heteroatoms. The summed E-state index contributed by atoms with van der Waals surface area (Å²) in [4.78, 5) is 28.0. The van der Waals surface area contributed by atoms with Gasteiger partial charge in [0.15, 0.2) is 15.8 Å². The molecule has 0 unspecified atom stereocenters. The lowest BCUT2D eigenvalue weighted by atomic mass is 10.0. The minimum Gasteiger partial charge on any atom is -0.444 e. The van der Waals surface area contributed by atoms with E-state index < -0.39 is 61.3 Å². The minimum absolute atomic E-state index is 0.0211. The molecule has 34 heavy (non-hydrogen) atoms. The van der Waals surface area contributed by atoms with Crippen LogP contribution in [0.25, 0.3) is 0 Å². The van der Waals surface area contributed by atoms with E-state index in [1.165, 1.54) is 4.90 Å². The molecule has 1 aliphatic rings. The number of nitrogens with two attached hydrogens (primary N) is 2. The van der Waals surface area contributed by atoms with E-state index >= 15 is 0 Å². The van der Waals surface area contributed by atoms with Crippen LogP contribution in [-0.4, -0.2) is 57.4 Å². The number of aliphatic imine (C=N–C) groups is 1. The standard InChI is InChI=1S/C20H28F3N5O5S/c1-19(2,3)33-18(30)26-12-5-7-28(8-6-12)15-13(20(21,22)23)9-11(16(29)27-17(24)25)10-14(15)34(4,31)32/h9-10,12H,5-8H2,1-4H3,(H,26,30)(H4,24,25,27,29). The highest BCUT2D eigenvalue weighted by molar-refractivity contribution is 7.90. The number of anilines is 1. The van der Waals surface area contributed by atoms with Gasteiger partial charge >= 0.3 is 12.3 Å². The Morgan fingerprint density at radius 1 is 1.15 bits per heavy atom. The van der Waals surface area contributed by atoms with Crippen molar-refractivity contribution in [3.63, 3.8) is 0 Å². The molecule has 0 bridgehead atoms. The van der Waals surface area contributed by atoms with E-state index in [1.54, 1.807) is 20.8 Å². The predicted octanol–water partition coefficient (Wildman–Crippen LogP) is 2.02. The first-order valence-corrected chi connectivity index (χ1v) is 12.1. The Bertz CT molecular complexity index is 1090. The number of halogens is 3. The van der Waals surface area contributed by atoms with Gasteiger partial charge in [-0.15, -0.1) is 0 Å². The highest BCUT2D eigenvalue weighted by Gasteiger charge is 2.40. The second-order valence-corrected chi connectivity index (χ2v) is 10.9. The zero-order valence-electron chi connectivity index (χ0n) is 19.2. The van der Waals surface area contributed by atoms with Gasteiger partial charge in [0.1, 0.15) is 5.60 Å². The van der Waals surface area contributed by atoms with Crippen molar-refractivity contribution >= 4 is 33.5 Å². The molecular formula is C20H28F3N5O5S. The number of benzene rings is 1. The first-order valence-electron chi connectivity index (χ1n) is 10.2. The van der Waals surface area contributed by atoms with Gasteiger partial charge in [-0.2, -0.15) is 18.2 Å². The third-order valence-electron chi connectivity index (χ3n) is 4.79. The van der Waals surface area contributed by atoms with E-state index in [9.17, 15) is 31.2 Å². The third kappa shape index (κ3) is 7.23. The molecule has 1 fully saturated rings. The zero-order valence-corrected chi connectivity index (χ0v) is 20.0. The lowest BCUT2D eigenvalue weighted by Gasteiger charge is -2.36. The van der Waals surface area contributed by atoms with Crippen LogP contribution in [-0.2, 0) is 20.8 Å². The van der Waals surface area contributed by atoms with Crippen LogP contribution >= 0.6 is 0 Å². The Labute approximate surface area is 195 Å². The van der Waals surface area contributed by atoms with Crippen molar-refractivity contribution in [3.8, 4) is 0 Å². The SMILES string of the molecule is CC(C)(C)OC(=O)NC1CCN(c2c(C(F)(F)F)cc(C(=O)N=C(N)N)cc2S(C)(=O)=O)CC1. The number of nitrogens with one attached hydrogen (secondary N) is 1. The molecule has 0 saturated carbocycles. The van der Waals surface area contributed by atoms with Gasteiger partial charge in [-0.05, 0) is 45.7 Å². The molecule has 0 aliphatic carbocycles. The average molecular weight is 508 g/mol. The number of hydrogen-bond acceptors (Lipinski definition) is 6. The molecule has 1 aliphatic heterocycles. The molecule has 0 radical (unpaired) electrons. The van der Waals surface area contributed by atoms with Crippen LogP contribution in [0.1, 0.15) is 49.5 Å². The van der Waals surface area contributed by atoms with Crippen molar-refractivity contribution in [2.24, 2.45) is 16.5 Å². The number of amides is 2. The number of alkyl carbamates (subject to hydrolysis) is 1. The van der Waals surface area contributed by atoms with Crippen molar-refractivity contribution < 1.29 is 35.9 Å². The highest BCUT2D eigenvalue weighted by atomic mass is 32.2. The summed E-state index contributed by atoms with van der Waals surface area (Å²) in [6, 6.07) is 0.994. The zero-order chi connectivity index (χ0) is 26.1. The topological polar surface area (TPSA) is 157 Å². The molecule has 0 aromatic heterocycles. The summed E-state index contributed by atoms with van der Waals surface area (Å²) in [6.07, 6.45) is -4.39. The van der Waals surface area contributed by atoms with E-state index in [4.69, 9.17) is 16.2 Å². The van der Waals surface area contributed by atoms with Crippen LogP contribution < -0.4 is 21.7 Å². The monoisotopic (exact) mass is 507 g/mol. The van der Waals surface area contributed by atoms with E-state index in [0.717, 1.165) is 12.3 Å². The molecule has 1 heterocycles. The lowest BCUT2D eigenvalue weighted by molar-refractivity contribution is -0.137. The van der Waals surface area contributed by atoms with Crippen molar-refractivity contribution in [1.29, 1.82) is 0 Å². The van der Waals surface area contributed by atoms with Gasteiger partial charge in [0, 0.05) is 31.0 Å². The van der Waals surface area contributed by atoms with Gasteiger partial charge in [0.2, 0.25) is 0 Å². The largest absolute Gasteiger partial charge is 0.444 e. The fraction of sp³-hybridized carbons (Fsp3) is 0.550. The number of guanidine groups is 1. The maximum absolute atomic E-state index is 14.0. The molecule has 2 amide bonds. The predicted molar refractivity (Wildman–Crippen MR) is 119 cm³/mol. The van der Waals surface area contributed by atoms with Crippen LogP contribution in [0.3, 0.4) is 0 Å². The molecule has 1 aromatic carbocycles. The Balaban J connectivity index is 2.44. The number of carbonyl (C=O) groups is 2. The molecule has 1 saturated heterocycles. The fourth-order valence-electron chi connectivity index (χ4n) is 3.46. The Hall–Kier alpha value is -3.03. The van der Waals surface area contributed by atoms with Crippen molar-refractivity contribution in [2.75, 3.05) is 24.2 Å². The van der Waals surface area contributed by atoms with E-state index in [1.807, 2.05) is 0 Å². The molecule has 2 rings (SSSR count). The molecule has 0 atom stereocenters. The normalized spacial score (nSPS) is 15.6. The number of nitrogens with zero attached hydrogens (tertiary/aromatic N) is 2. The smallest absolute Gasteiger partial charge is 0.418 e. The molecule has 1 aromatic rings.